The predicted octanol–water partition coefficient (Wildman–Crippen LogP) is 4.94. The van der Waals surface area contributed by atoms with Crippen molar-refractivity contribution in [3.05, 3.63) is 87.1 Å². The Morgan fingerprint density at radius 2 is 1.57 bits per heavy atom. The van der Waals surface area contributed by atoms with E-state index in [0.717, 1.165) is 49.8 Å². The number of amides is 1. The molecule has 1 fully saturated rings. The predicted molar refractivity (Wildman–Crippen MR) is 125 cm³/mol. The van der Waals surface area contributed by atoms with Crippen molar-refractivity contribution in [3.63, 3.8) is 0 Å². The third kappa shape index (κ3) is 5.36. The van der Waals surface area contributed by atoms with Gasteiger partial charge in [0.05, 0.1) is 4.88 Å². The highest BCUT2D eigenvalue weighted by molar-refractivity contribution is 7.12. The van der Waals surface area contributed by atoms with Crippen LogP contribution < -0.4 is 5.32 Å². The summed E-state index contributed by atoms with van der Waals surface area (Å²) >= 11 is 1.46. The molecule has 156 valence electrons. The summed E-state index contributed by atoms with van der Waals surface area (Å²) in [5, 5.41) is 4.93. The summed E-state index contributed by atoms with van der Waals surface area (Å²) in [5.41, 5.74) is 6.23. The van der Waals surface area contributed by atoms with Gasteiger partial charge in [0.2, 0.25) is 0 Å². The van der Waals surface area contributed by atoms with Gasteiger partial charge in [0, 0.05) is 45.0 Å². The van der Waals surface area contributed by atoms with Crippen molar-refractivity contribution in [2.45, 2.75) is 26.9 Å². The van der Waals surface area contributed by atoms with E-state index in [1.807, 2.05) is 29.6 Å². The quantitative estimate of drug-likeness (QED) is 0.615. The smallest absolute Gasteiger partial charge is 0.265 e. The SMILES string of the molecule is Cc1ccc(CN2CCN(Cc3cccc(NC(=O)c4cccs4)c3)CC2)cc1C. The molecule has 0 saturated carbocycles. The summed E-state index contributed by atoms with van der Waals surface area (Å²) in [5.74, 6) is -0.0397. The maximum absolute atomic E-state index is 12.3. The number of thiophene rings is 1. The van der Waals surface area contributed by atoms with Gasteiger partial charge >= 0.3 is 0 Å². The Kier molecular flexibility index (Phi) is 6.62. The first-order valence-corrected chi connectivity index (χ1v) is 11.4. The standard InChI is InChI=1S/C25H29N3OS/c1-19-8-9-22(15-20(19)2)18-28-12-10-27(11-13-28)17-21-5-3-6-23(16-21)26-25(29)24-7-4-14-30-24/h3-9,14-16H,10-13,17-18H2,1-2H3,(H,26,29). The highest BCUT2D eigenvalue weighted by atomic mass is 32.1. The van der Waals surface area contributed by atoms with Crippen LogP contribution in [0.25, 0.3) is 0 Å². The van der Waals surface area contributed by atoms with Gasteiger partial charge in [-0.05, 0) is 59.7 Å². The summed E-state index contributed by atoms with van der Waals surface area (Å²) in [6, 6.07) is 18.8. The van der Waals surface area contributed by atoms with Crippen LogP contribution in [0.5, 0.6) is 0 Å². The zero-order valence-corrected chi connectivity index (χ0v) is 18.5. The van der Waals surface area contributed by atoms with E-state index in [0.29, 0.717) is 0 Å². The van der Waals surface area contributed by atoms with Crippen molar-refractivity contribution in [2.24, 2.45) is 0 Å². The van der Waals surface area contributed by atoms with Gasteiger partial charge in [-0.3, -0.25) is 14.6 Å². The number of nitrogens with one attached hydrogen (secondary N) is 1. The number of aryl methyl sites for hydroxylation is 2. The molecule has 5 heteroatoms. The van der Waals surface area contributed by atoms with E-state index < -0.39 is 0 Å². The van der Waals surface area contributed by atoms with E-state index in [4.69, 9.17) is 0 Å². The van der Waals surface area contributed by atoms with Crippen molar-refractivity contribution in [1.82, 2.24) is 9.80 Å². The molecule has 2 aromatic carbocycles. The molecular formula is C25H29N3OS. The zero-order chi connectivity index (χ0) is 20.9. The molecule has 0 atom stereocenters. The lowest BCUT2D eigenvalue weighted by Crippen LogP contribution is -2.45. The monoisotopic (exact) mass is 419 g/mol. The summed E-state index contributed by atoms with van der Waals surface area (Å²) in [4.78, 5) is 18.1. The summed E-state index contributed by atoms with van der Waals surface area (Å²) in [6.07, 6.45) is 0. The lowest BCUT2D eigenvalue weighted by Gasteiger charge is -2.35. The van der Waals surface area contributed by atoms with Crippen molar-refractivity contribution in [2.75, 3.05) is 31.5 Å². The molecular weight excluding hydrogens is 390 g/mol. The first kappa shape index (κ1) is 20.8. The molecule has 1 amide bonds. The van der Waals surface area contributed by atoms with Crippen LogP contribution in [-0.4, -0.2) is 41.9 Å². The van der Waals surface area contributed by atoms with E-state index in [-0.39, 0.29) is 5.91 Å². The normalized spacial score (nSPS) is 15.3. The first-order valence-electron chi connectivity index (χ1n) is 10.5. The molecule has 1 N–H and O–H groups in total. The second-order valence-electron chi connectivity index (χ2n) is 8.10. The molecule has 0 radical (unpaired) electrons. The van der Waals surface area contributed by atoms with E-state index in [2.05, 4.69) is 59.3 Å². The fraction of sp³-hybridized carbons (Fsp3) is 0.320. The topological polar surface area (TPSA) is 35.6 Å². The highest BCUT2D eigenvalue weighted by Gasteiger charge is 2.17. The van der Waals surface area contributed by atoms with Crippen molar-refractivity contribution in [3.8, 4) is 0 Å². The van der Waals surface area contributed by atoms with E-state index in [1.165, 1.54) is 33.6 Å². The Bertz CT molecular complexity index is 991. The van der Waals surface area contributed by atoms with Crippen LogP contribution in [0.15, 0.2) is 60.0 Å². The van der Waals surface area contributed by atoms with Gasteiger partial charge in [0.15, 0.2) is 0 Å². The van der Waals surface area contributed by atoms with Crippen LogP contribution >= 0.6 is 11.3 Å². The maximum atomic E-state index is 12.3. The Morgan fingerprint density at radius 1 is 0.867 bits per heavy atom. The van der Waals surface area contributed by atoms with E-state index in [1.54, 1.807) is 0 Å². The molecule has 1 saturated heterocycles. The van der Waals surface area contributed by atoms with Gasteiger partial charge in [-0.25, -0.2) is 0 Å². The minimum atomic E-state index is -0.0397. The van der Waals surface area contributed by atoms with E-state index >= 15 is 0 Å². The summed E-state index contributed by atoms with van der Waals surface area (Å²) in [7, 11) is 0. The van der Waals surface area contributed by atoms with Crippen molar-refractivity contribution >= 4 is 22.9 Å². The molecule has 4 nitrogen and oxygen atoms in total. The molecule has 30 heavy (non-hydrogen) atoms. The molecule has 0 bridgehead atoms. The average molecular weight is 420 g/mol. The molecule has 1 aromatic heterocycles. The van der Waals surface area contributed by atoms with Gasteiger partial charge in [0.25, 0.3) is 5.91 Å². The summed E-state index contributed by atoms with van der Waals surface area (Å²) in [6.45, 7) is 10.6. The van der Waals surface area contributed by atoms with Crippen LogP contribution in [0, 0.1) is 13.8 Å². The Labute approximate surface area is 183 Å². The van der Waals surface area contributed by atoms with Crippen LogP contribution in [0.4, 0.5) is 5.69 Å². The van der Waals surface area contributed by atoms with Crippen LogP contribution in [-0.2, 0) is 13.1 Å². The largest absolute Gasteiger partial charge is 0.321 e. The fourth-order valence-corrected chi connectivity index (χ4v) is 4.49. The fourth-order valence-electron chi connectivity index (χ4n) is 3.87. The maximum Gasteiger partial charge on any atom is 0.265 e. The van der Waals surface area contributed by atoms with Gasteiger partial charge in [-0.1, -0.05) is 36.4 Å². The molecule has 2 heterocycles. The number of hydrogen-bond donors (Lipinski definition) is 1. The molecule has 1 aliphatic rings. The van der Waals surface area contributed by atoms with Crippen molar-refractivity contribution < 1.29 is 4.79 Å². The molecule has 1 aliphatic heterocycles. The molecule has 4 rings (SSSR count). The van der Waals surface area contributed by atoms with Crippen molar-refractivity contribution in [1.29, 1.82) is 0 Å². The average Bonchev–Trinajstić information content (AvgIpc) is 3.28. The number of piperazine rings is 1. The number of anilines is 1. The third-order valence-electron chi connectivity index (χ3n) is 5.78. The Hall–Kier alpha value is -2.47. The number of benzene rings is 2. The lowest BCUT2D eigenvalue weighted by atomic mass is 10.1. The first-order chi connectivity index (χ1) is 14.6. The van der Waals surface area contributed by atoms with Crippen LogP contribution in [0.3, 0.4) is 0 Å². The lowest BCUT2D eigenvalue weighted by molar-refractivity contribution is 0.103. The van der Waals surface area contributed by atoms with Gasteiger partial charge in [-0.15, -0.1) is 11.3 Å². The second-order valence-corrected chi connectivity index (χ2v) is 9.05. The third-order valence-corrected chi connectivity index (χ3v) is 6.65. The number of carbonyl (C=O) groups is 1. The van der Waals surface area contributed by atoms with Crippen LogP contribution in [0.2, 0.25) is 0 Å². The number of rotatable bonds is 6. The van der Waals surface area contributed by atoms with Gasteiger partial charge in [0.1, 0.15) is 0 Å². The minimum absolute atomic E-state index is 0.0397. The van der Waals surface area contributed by atoms with Crippen LogP contribution in [0.1, 0.15) is 31.9 Å². The number of carbonyl (C=O) groups excluding carboxylic acids is 1. The Morgan fingerprint density at radius 3 is 2.20 bits per heavy atom. The highest BCUT2D eigenvalue weighted by Crippen LogP contribution is 2.18. The molecule has 0 unspecified atom stereocenters. The second kappa shape index (κ2) is 9.56. The minimum Gasteiger partial charge on any atom is -0.321 e. The molecule has 0 spiro atoms. The van der Waals surface area contributed by atoms with E-state index in [9.17, 15) is 4.79 Å². The summed E-state index contributed by atoms with van der Waals surface area (Å²) < 4.78 is 0. The zero-order valence-electron chi connectivity index (χ0n) is 17.7. The molecule has 0 aliphatic carbocycles. The van der Waals surface area contributed by atoms with Gasteiger partial charge in [-0.2, -0.15) is 0 Å². The Balaban J connectivity index is 1.28. The molecule has 3 aromatic rings. The van der Waals surface area contributed by atoms with Gasteiger partial charge < -0.3 is 5.32 Å². The number of nitrogens with zero attached hydrogens (tertiary/aromatic N) is 2. The number of hydrogen-bond acceptors (Lipinski definition) is 4.